The van der Waals surface area contributed by atoms with Crippen molar-refractivity contribution in [1.82, 2.24) is 0 Å². The monoisotopic (exact) mass is 420 g/mol. The second-order valence-electron chi connectivity index (χ2n) is 10.5. The Kier molecular flexibility index (Phi) is 5.78. The van der Waals surface area contributed by atoms with Crippen LogP contribution in [0.25, 0.3) is 0 Å². The third-order valence-electron chi connectivity index (χ3n) is 6.75. The molecule has 0 saturated carbocycles. The van der Waals surface area contributed by atoms with Gasteiger partial charge in [-0.2, -0.15) is 0 Å². The van der Waals surface area contributed by atoms with E-state index in [4.69, 9.17) is 0 Å². The molecule has 0 atom stereocenters. The highest BCUT2D eigenvalue weighted by molar-refractivity contribution is 7.51. The first kappa shape index (κ1) is 22.0. The smallest absolute Gasteiger partial charge is 0.137 e. The SMILES string of the molecule is C[Si]1(C)C#C[Si](C)(C)[Si](C)(C)C#C[Si](C)(C)[Si](C)(C)C#C[Si]1(C)C. The van der Waals surface area contributed by atoms with E-state index in [0.717, 1.165) is 0 Å². The molecule has 0 bridgehead atoms. The van der Waals surface area contributed by atoms with Crippen molar-refractivity contribution in [2.24, 2.45) is 0 Å². The van der Waals surface area contributed by atoms with Crippen LogP contribution in [-0.2, 0) is 0 Å². The zero-order valence-electron chi connectivity index (χ0n) is 18.0. The van der Waals surface area contributed by atoms with Crippen LogP contribution in [-0.4, -0.2) is 45.5 Å². The number of hydrogen-bond acceptors (Lipinski definition) is 0. The molecule has 0 amide bonds. The first-order valence-electron chi connectivity index (χ1n) is 9.00. The first-order valence-corrected chi connectivity index (χ1v) is 30.0. The maximum Gasteiger partial charge on any atom is 0.137 e. The molecule has 0 nitrogen and oxygen atoms in total. The van der Waals surface area contributed by atoms with Gasteiger partial charge in [-0.3, -0.25) is 0 Å². The Morgan fingerprint density at radius 2 is 0.333 bits per heavy atom. The van der Waals surface area contributed by atoms with E-state index >= 15 is 0 Å². The Balaban J connectivity index is 3.79. The molecule has 0 aliphatic carbocycles. The largest absolute Gasteiger partial charge is 0.141 e. The molecule has 0 radical (unpaired) electrons. The maximum absolute atomic E-state index is 3.86. The lowest BCUT2D eigenvalue weighted by atomic mass is 11.4. The van der Waals surface area contributed by atoms with E-state index in [2.05, 4.69) is 112 Å². The first-order chi connectivity index (χ1) is 10.4. The minimum atomic E-state index is -1.60. The molecule has 0 aromatic rings. The molecule has 24 heavy (non-hydrogen) atoms. The molecule has 0 spiro atoms. The molecular weight excluding hydrogens is 385 g/mol. The molecule has 0 saturated heterocycles. The van der Waals surface area contributed by atoms with Crippen molar-refractivity contribution in [1.29, 1.82) is 0 Å². The second kappa shape index (κ2) is 6.30. The summed E-state index contributed by atoms with van der Waals surface area (Å²) >= 11 is 0. The molecule has 0 unspecified atom stereocenters. The van der Waals surface area contributed by atoms with Gasteiger partial charge in [-0.05, 0) is 0 Å². The van der Waals surface area contributed by atoms with Gasteiger partial charge in [-0.15, -0.1) is 33.3 Å². The van der Waals surface area contributed by atoms with Crippen LogP contribution < -0.4 is 0 Å². The van der Waals surface area contributed by atoms with E-state index in [-0.39, 0.29) is 0 Å². The minimum Gasteiger partial charge on any atom is -0.141 e. The van der Waals surface area contributed by atoms with Gasteiger partial charge in [0.15, 0.2) is 0 Å². The summed E-state index contributed by atoms with van der Waals surface area (Å²) < 4.78 is 0. The molecule has 0 N–H and O–H groups in total. The fourth-order valence-corrected chi connectivity index (χ4v) is 20.2. The van der Waals surface area contributed by atoms with Gasteiger partial charge in [0.1, 0.15) is 45.5 Å². The average molecular weight is 421 g/mol. The minimum absolute atomic E-state index is 1.60. The van der Waals surface area contributed by atoms with Crippen LogP contribution in [0.5, 0.6) is 0 Å². The second-order valence-corrected chi connectivity index (χ2v) is 54.0. The van der Waals surface area contributed by atoms with Gasteiger partial charge >= 0.3 is 0 Å². The van der Waals surface area contributed by atoms with Crippen molar-refractivity contribution in [3.8, 4) is 33.3 Å². The van der Waals surface area contributed by atoms with Gasteiger partial charge in [0.25, 0.3) is 0 Å². The third kappa shape index (κ3) is 4.20. The highest BCUT2D eigenvalue weighted by atomic mass is 29.3. The van der Waals surface area contributed by atoms with Gasteiger partial charge in [0.05, 0.1) is 0 Å². The van der Waals surface area contributed by atoms with Crippen LogP contribution in [0.2, 0.25) is 78.6 Å². The molecule has 1 heterocycles. The lowest BCUT2D eigenvalue weighted by molar-refractivity contribution is 1.81. The molecule has 0 aromatic heterocycles. The van der Waals surface area contributed by atoms with E-state index in [0.29, 0.717) is 0 Å². The van der Waals surface area contributed by atoms with Gasteiger partial charge < -0.3 is 0 Å². The summed E-state index contributed by atoms with van der Waals surface area (Å²) in [4.78, 5) is 0. The van der Waals surface area contributed by atoms with Crippen LogP contribution >= 0.6 is 0 Å². The zero-order valence-corrected chi connectivity index (χ0v) is 24.0. The lowest BCUT2D eigenvalue weighted by Crippen LogP contribution is -2.59. The fraction of sp³-hybridized carbons (Fsp3) is 0.667. The van der Waals surface area contributed by atoms with Crippen LogP contribution in [0.15, 0.2) is 0 Å². The average Bonchev–Trinajstić information content (AvgIpc) is 2.40. The van der Waals surface area contributed by atoms with Crippen molar-refractivity contribution in [2.75, 3.05) is 0 Å². The standard InChI is InChI=1S/C18H36Si6/c1-19(2)13-14-21(5,6)23(9,10)17-18-24(11,12)22(7,8)16-15-20(19,3)4/h1-12H3. The topological polar surface area (TPSA) is 0 Å². The van der Waals surface area contributed by atoms with Crippen molar-refractivity contribution in [3.05, 3.63) is 0 Å². The summed E-state index contributed by atoms with van der Waals surface area (Å²) in [5.41, 5.74) is 23.2. The lowest BCUT2D eigenvalue weighted by Gasteiger charge is -2.35. The van der Waals surface area contributed by atoms with Crippen molar-refractivity contribution in [3.63, 3.8) is 0 Å². The maximum atomic E-state index is 3.86. The summed E-state index contributed by atoms with van der Waals surface area (Å²) in [5.74, 6) is 0. The van der Waals surface area contributed by atoms with Crippen LogP contribution in [0.4, 0.5) is 0 Å². The Morgan fingerprint density at radius 3 is 0.417 bits per heavy atom. The summed E-state index contributed by atoms with van der Waals surface area (Å²) in [6, 6.07) is 0. The van der Waals surface area contributed by atoms with E-state index in [9.17, 15) is 0 Å². The quantitative estimate of drug-likeness (QED) is 0.392. The molecular formula is C18H36Si6. The Labute approximate surface area is 157 Å². The summed E-state index contributed by atoms with van der Waals surface area (Å²) in [6.07, 6.45) is 0. The van der Waals surface area contributed by atoms with Gasteiger partial charge in [0, 0.05) is 0 Å². The van der Waals surface area contributed by atoms with Crippen molar-refractivity contribution >= 4 is 45.5 Å². The normalized spacial score (nSPS) is 27.5. The van der Waals surface area contributed by atoms with E-state index in [1.165, 1.54) is 0 Å². The number of hydrogen-bond donors (Lipinski definition) is 0. The van der Waals surface area contributed by atoms with Crippen LogP contribution in [0.1, 0.15) is 0 Å². The molecule has 0 fully saturated rings. The Bertz CT molecular complexity index is 552. The molecule has 132 valence electrons. The predicted octanol–water partition coefficient (Wildman–Crippen LogP) is 4.73. The Morgan fingerprint density at radius 1 is 0.250 bits per heavy atom. The van der Waals surface area contributed by atoms with Crippen molar-refractivity contribution < 1.29 is 0 Å². The van der Waals surface area contributed by atoms with E-state index in [1.807, 2.05) is 0 Å². The zero-order chi connectivity index (χ0) is 19.2. The van der Waals surface area contributed by atoms with Gasteiger partial charge in [-0.25, -0.2) is 0 Å². The number of rotatable bonds is 0. The predicted molar refractivity (Wildman–Crippen MR) is 128 cm³/mol. The third-order valence-corrected chi connectivity index (χ3v) is 51.8. The summed E-state index contributed by atoms with van der Waals surface area (Å²) in [5, 5.41) is 0. The Hall–Kier alpha value is -0.0187. The summed E-state index contributed by atoms with van der Waals surface area (Å²) in [6.45, 7) is 29.6. The highest BCUT2D eigenvalue weighted by Gasteiger charge is 2.45. The molecule has 1 rings (SSSR count). The van der Waals surface area contributed by atoms with E-state index < -0.39 is 45.5 Å². The molecule has 1 aliphatic rings. The fourth-order valence-electron chi connectivity index (χ4n) is 1.88. The van der Waals surface area contributed by atoms with Crippen LogP contribution in [0, 0.1) is 33.3 Å². The molecule has 6 heteroatoms. The highest BCUT2D eigenvalue weighted by Crippen LogP contribution is 2.24. The molecule has 0 aromatic carbocycles. The summed E-state index contributed by atoms with van der Waals surface area (Å²) in [7, 11) is -9.62. The molecule has 1 aliphatic heterocycles. The van der Waals surface area contributed by atoms with Gasteiger partial charge in [-0.1, -0.05) is 78.6 Å². The van der Waals surface area contributed by atoms with Crippen LogP contribution in [0.3, 0.4) is 0 Å². The van der Waals surface area contributed by atoms with Crippen molar-refractivity contribution in [2.45, 2.75) is 78.6 Å². The van der Waals surface area contributed by atoms with Gasteiger partial charge in [0.2, 0.25) is 0 Å². The van der Waals surface area contributed by atoms with E-state index in [1.54, 1.807) is 0 Å².